The lowest BCUT2D eigenvalue weighted by atomic mass is 10.3. The Kier molecular flexibility index (Phi) is 1.99. The first-order valence-electron chi connectivity index (χ1n) is 4.60. The van der Waals surface area contributed by atoms with Gasteiger partial charge in [-0.05, 0) is 13.8 Å². The first-order valence-corrected chi connectivity index (χ1v) is 4.60. The van der Waals surface area contributed by atoms with Gasteiger partial charge in [-0.3, -0.25) is 4.79 Å². The Morgan fingerprint density at radius 2 is 2.13 bits per heavy atom. The molecule has 0 bridgehead atoms. The minimum atomic E-state index is -0.872. The van der Waals surface area contributed by atoms with E-state index in [0.717, 1.165) is 11.5 Å². The summed E-state index contributed by atoms with van der Waals surface area (Å²) in [6.07, 6.45) is -0.0521. The normalized spacial score (nSPS) is 11.1. The monoisotopic (exact) mass is 208 g/mol. The van der Waals surface area contributed by atoms with Crippen molar-refractivity contribution in [3.63, 3.8) is 0 Å². The van der Waals surface area contributed by atoms with Crippen LogP contribution in [-0.4, -0.2) is 30.2 Å². The number of nitrogens with zero attached hydrogens (tertiary/aromatic N) is 4. The number of fused-ring (bicyclic) bond motifs is 1. The summed E-state index contributed by atoms with van der Waals surface area (Å²) in [4.78, 5) is 15.0. The number of hydrogen-bond acceptors (Lipinski definition) is 3. The average molecular weight is 208 g/mol. The summed E-state index contributed by atoms with van der Waals surface area (Å²) in [6, 6.07) is 0. The lowest BCUT2D eigenvalue weighted by molar-refractivity contribution is -0.136. The van der Waals surface area contributed by atoms with Gasteiger partial charge >= 0.3 is 5.97 Å². The van der Waals surface area contributed by atoms with Crippen LogP contribution in [-0.2, 0) is 18.3 Å². The highest BCUT2D eigenvalue weighted by atomic mass is 16.4. The molecule has 0 unspecified atom stereocenters. The van der Waals surface area contributed by atoms with Crippen LogP contribution < -0.4 is 0 Å². The fourth-order valence-corrected chi connectivity index (χ4v) is 1.56. The standard InChI is InChI=1S/C9H12N4O2/c1-5-7(4-8(14)15)13-9(10-5)12(3)6(2)11-13/h4H2,1-3H3,(H,14,15). The maximum atomic E-state index is 10.7. The van der Waals surface area contributed by atoms with Gasteiger partial charge in [0.1, 0.15) is 5.82 Å². The molecule has 0 amide bonds. The van der Waals surface area contributed by atoms with Crippen molar-refractivity contribution in [2.45, 2.75) is 20.3 Å². The highest BCUT2D eigenvalue weighted by Gasteiger charge is 2.16. The van der Waals surface area contributed by atoms with Crippen LogP contribution >= 0.6 is 0 Å². The molecule has 0 saturated heterocycles. The fourth-order valence-electron chi connectivity index (χ4n) is 1.56. The largest absolute Gasteiger partial charge is 0.481 e. The first kappa shape index (κ1) is 9.70. The lowest BCUT2D eigenvalue weighted by Gasteiger charge is -1.94. The van der Waals surface area contributed by atoms with E-state index in [1.807, 2.05) is 18.5 Å². The Balaban J connectivity index is 2.66. The lowest BCUT2D eigenvalue weighted by Crippen LogP contribution is -2.05. The van der Waals surface area contributed by atoms with Gasteiger partial charge in [0.05, 0.1) is 17.8 Å². The number of carboxylic acid groups (broad SMARTS) is 1. The van der Waals surface area contributed by atoms with E-state index in [0.29, 0.717) is 11.5 Å². The summed E-state index contributed by atoms with van der Waals surface area (Å²) >= 11 is 0. The van der Waals surface area contributed by atoms with Gasteiger partial charge in [0.2, 0.25) is 5.78 Å². The second kappa shape index (κ2) is 3.08. The number of carbonyl (C=O) groups is 1. The Morgan fingerprint density at radius 1 is 1.47 bits per heavy atom. The molecule has 0 aliphatic carbocycles. The Hall–Kier alpha value is -1.85. The maximum absolute atomic E-state index is 10.7. The van der Waals surface area contributed by atoms with Crippen molar-refractivity contribution in [1.29, 1.82) is 0 Å². The minimum absolute atomic E-state index is 0.0521. The van der Waals surface area contributed by atoms with Gasteiger partial charge in [0.25, 0.3) is 0 Å². The Labute approximate surface area is 86.2 Å². The second-order valence-electron chi connectivity index (χ2n) is 3.53. The Morgan fingerprint density at radius 3 is 2.73 bits per heavy atom. The molecule has 6 heteroatoms. The van der Waals surface area contributed by atoms with E-state index in [4.69, 9.17) is 5.11 Å². The molecule has 0 spiro atoms. The number of aliphatic carboxylic acids is 1. The molecule has 0 atom stereocenters. The van der Waals surface area contributed by atoms with E-state index >= 15 is 0 Å². The van der Waals surface area contributed by atoms with Gasteiger partial charge in [-0.1, -0.05) is 0 Å². The van der Waals surface area contributed by atoms with Crippen LogP contribution in [0.15, 0.2) is 0 Å². The molecule has 2 rings (SSSR count). The van der Waals surface area contributed by atoms with Crippen LogP contribution in [0.1, 0.15) is 17.2 Å². The smallest absolute Gasteiger partial charge is 0.309 e. The molecule has 0 saturated carbocycles. The van der Waals surface area contributed by atoms with Crippen molar-refractivity contribution in [2.75, 3.05) is 0 Å². The van der Waals surface area contributed by atoms with Crippen molar-refractivity contribution in [2.24, 2.45) is 7.05 Å². The van der Waals surface area contributed by atoms with Crippen molar-refractivity contribution in [3.05, 3.63) is 17.2 Å². The van der Waals surface area contributed by atoms with E-state index in [9.17, 15) is 4.79 Å². The molecule has 0 aliphatic heterocycles. The van der Waals surface area contributed by atoms with Gasteiger partial charge in [-0.15, -0.1) is 0 Å². The summed E-state index contributed by atoms with van der Waals surface area (Å²) in [6.45, 7) is 3.65. The van der Waals surface area contributed by atoms with Crippen LogP contribution in [0.4, 0.5) is 0 Å². The van der Waals surface area contributed by atoms with Gasteiger partial charge in [-0.25, -0.2) is 9.50 Å². The number of imidazole rings is 1. The summed E-state index contributed by atoms with van der Waals surface area (Å²) in [5.74, 6) is 0.619. The Bertz CT molecular complexity index is 538. The molecule has 15 heavy (non-hydrogen) atoms. The third-order valence-corrected chi connectivity index (χ3v) is 2.48. The van der Waals surface area contributed by atoms with Gasteiger partial charge in [0.15, 0.2) is 0 Å². The van der Waals surface area contributed by atoms with E-state index < -0.39 is 5.97 Å². The van der Waals surface area contributed by atoms with E-state index in [1.54, 1.807) is 11.4 Å². The number of hydrogen-bond donors (Lipinski definition) is 1. The zero-order valence-electron chi connectivity index (χ0n) is 8.85. The molecule has 0 aromatic carbocycles. The highest BCUT2D eigenvalue weighted by Crippen LogP contribution is 2.12. The number of aryl methyl sites for hydroxylation is 3. The first-order chi connectivity index (χ1) is 7.00. The van der Waals surface area contributed by atoms with Crippen molar-refractivity contribution in [1.82, 2.24) is 19.2 Å². The maximum Gasteiger partial charge on any atom is 0.309 e. The second-order valence-corrected chi connectivity index (χ2v) is 3.53. The van der Waals surface area contributed by atoms with Crippen molar-refractivity contribution >= 4 is 11.7 Å². The van der Waals surface area contributed by atoms with E-state index in [2.05, 4.69) is 10.1 Å². The van der Waals surface area contributed by atoms with Gasteiger partial charge in [0, 0.05) is 7.05 Å². The predicted octanol–water partition coefficient (Wildman–Crippen LogP) is 0.312. The van der Waals surface area contributed by atoms with Crippen LogP contribution in [0.5, 0.6) is 0 Å². The van der Waals surface area contributed by atoms with E-state index in [-0.39, 0.29) is 6.42 Å². The van der Waals surface area contributed by atoms with Gasteiger partial charge < -0.3 is 9.67 Å². The molecular formula is C9H12N4O2. The van der Waals surface area contributed by atoms with E-state index in [1.165, 1.54) is 0 Å². The molecular weight excluding hydrogens is 196 g/mol. The topological polar surface area (TPSA) is 72.4 Å². The molecule has 0 aliphatic rings. The number of aromatic nitrogens is 4. The summed E-state index contributed by atoms with van der Waals surface area (Å²) in [5.41, 5.74) is 1.36. The molecule has 1 N–H and O–H groups in total. The molecule has 6 nitrogen and oxygen atoms in total. The molecule has 2 heterocycles. The number of rotatable bonds is 2. The minimum Gasteiger partial charge on any atom is -0.481 e. The zero-order chi connectivity index (χ0) is 11.2. The van der Waals surface area contributed by atoms with Crippen LogP contribution in [0.3, 0.4) is 0 Å². The van der Waals surface area contributed by atoms with Crippen LogP contribution in [0, 0.1) is 13.8 Å². The molecule has 2 aromatic heterocycles. The molecule has 0 radical (unpaired) electrons. The predicted molar refractivity (Wildman–Crippen MR) is 52.8 cm³/mol. The number of carboxylic acids is 1. The average Bonchev–Trinajstić information content (AvgIpc) is 2.56. The third kappa shape index (κ3) is 1.38. The molecule has 80 valence electrons. The zero-order valence-corrected chi connectivity index (χ0v) is 8.85. The van der Waals surface area contributed by atoms with Crippen LogP contribution in [0.2, 0.25) is 0 Å². The van der Waals surface area contributed by atoms with Crippen molar-refractivity contribution in [3.8, 4) is 0 Å². The summed E-state index contributed by atoms with van der Waals surface area (Å²) < 4.78 is 3.43. The van der Waals surface area contributed by atoms with Gasteiger partial charge in [-0.2, -0.15) is 5.10 Å². The van der Waals surface area contributed by atoms with Crippen molar-refractivity contribution < 1.29 is 9.90 Å². The third-order valence-electron chi connectivity index (χ3n) is 2.48. The highest BCUT2D eigenvalue weighted by molar-refractivity contribution is 5.70. The SMILES string of the molecule is Cc1nc2n(C)c(C)nn2c1CC(=O)O. The summed E-state index contributed by atoms with van der Waals surface area (Å²) in [7, 11) is 1.86. The summed E-state index contributed by atoms with van der Waals surface area (Å²) in [5, 5.41) is 13.0. The molecule has 0 fully saturated rings. The molecule has 2 aromatic rings. The van der Waals surface area contributed by atoms with Crippen LogP contribution in [0.25, 0.3) is 5.78 Å². The fraction of sp³-hybridized carbons (Fsp3) is 0.444. The quantitative estimate of drug-likeness (QED) is 0.771.